The maximum Gasteiger partial charge on any atom is 0.251 e. The van der Waals surface area contributed by atoms with E-state index in [4.69, 9.17) is 0 Å². The molecule has 0 aliphatic rings. The molecule has 2 aromatic heterocycles. The van der Waals surface area contributed by atoms with Crippen LogP contribution < -0.4 is 5.32 Å². The maximum atomic E-state index is 12.7. The molecule has 0 bridgehead atoms. The van der Waals surface area contributed by atoms with E-state index in [1.807, 2.05) is 0 Å². The Morgan fingerprint density at radius 1 is 1.56 bits per heavy atom. The highest BCUT2D eigenvalue weighted by atomic mass is 19.1. The van der Waals surface area contributed by atoms with Gasteiger partial charge in [0, 0.05) is 17.8 Å². The molecule has 8 heteroatoms. The molecule has 0 spiro atoms. The van der Waals surface area contributed by atoms with E-state index in [1.165, 1.54) is 12.3 Å². The van der Waals surface area contributed by atoms with Crippen molar-refractivity contribution >= 4 is 5.91 Å². The summed E-state index contributed by atoms with van der Waals surface area (Å²) in [5, 5.41) is 15.4. The van der Waals surface area contributed by atoms with Crippen LogP contribution in [-0.4, -0.2) is 31.5 Å². The van der Waals surface area contributed by atoms with Crippen molar-refractivity contribution in [3.63, 3.8) is 0 Å². The molecule has 2 aromatic rings. The number of halogens is 1. The summed E-state index contributed by atoms with van der Waals surface area (Å²) in [6.07, 6.45) is 1.22. The predicted octanol–water partition coefficient (Wildman–Crippen LogP) is -0.336. The Bertz CT molecular complexity index is 485. The van der Waals surface area contributed by atoms with Crippen molar-refractivity contribution in [2.45, 2.75) is 6.54 Å². The Balaban J connectivity index is 1.98. The maximum absolute atomic E-state index is 12.7. The smallest absolute Gasteiger partial charge is 0.251 e. The summed E-state index contributed by atoms with van der Waals surface area (Å²) < 4.78 is 12.7. The first-order chi connectivity index (χ1) is 7.75. The molecule has 1 amide bonds. The summed E-state index contributed by atoms with van der Waals surface area (Å²) in [6.45, 7) is 0.124. The summed E-state index contributed by atoms with van der Waals surface area (Å²) in [5.74, 6) is -0.777. The molecule has 2 heterocycles. The minimum atomic E-state index is -0.702. The molecular weight excluding hydrogens is 215 g/mol. The average molecular weight is 222 g/mol. The van der Waals surface area contributed by atoms with Crippen molar-refractivity contribution in [1.82, 2.24) is 30.9 Å². The van der Waals surface area contributed by atoms with Gasteiger partial charge < -0.3 is 5.32 Å². The van der Waals surface area contributed by atoms with Gasteiger partial charge in [-0.25, -0.2) is 4.98 Å². The van der Waals surface area contributed by atoms with Gasteiger partial charge in [0.1, 0.15) is 0 Å². The first-order valence-corrected chi connectivity index (χ1v) is 4.38. The molecule has 2 rings (SSSR count). The van der Waals surface area contributed by atoms with Crippen molar-refractivity contribution in [3.05, 3.63) is 35.7 Å². The topological polar surface area (TPSA) is 96.5 Å². The fourth-order valence-corrected chi connectivity index (χ4v) is 1.06. The Kier molecular flexibility index (Phi) is 2.81. The number of rotatable bonds is 3. The van der Waals surface area contributed by atoms with Crippen LogP contribution in [0.2, 0.25) is 0 Å². The number of nitrogens with zero attached hydrogens (tertiary/aromatic N) is 4. The van der Waals surface area contributed by atoms with Crippen molar-refractivity contribution < 1.29 is 9.18 Å². The lowest BCUT2D eigenvalue weighted by Gasteiger charge is -2.01. The standard InChI is InChI=1S/C8H7FN6O/c9-6-3-5(1-2-10-6)8(16)11-4-7-12-14-15-13-7/h1-3H,4H2,(H,11,16)(H,12,13,14,15). The third-order valence-corrected chi connectivity index (χ3v) is 1.79. The molecule has 2 N–H and O–H groups in total. The molecule has 0 atom stereocenters. The lowest BCUT2D eigenvalue weighted by Crippen LogP contribution is -2.23. The van der Waals surface area contributed by atoms with Crippen LogP contribution in [0.4, 0.5) is 4.39 Å². The van der Waals surface area contributed by atoms with Crippen LogP contribution in [0, 0.1) is 5.95 Å². The molecule has 0 fully saturated rings. The van der Waals surface area contributed by atoms with E-state index in [9.17, 15) is 9.18 Å². The van der Waals surface area contributed by atoms with Crippen molar-refractivity contribution in [1.29, 1.82) is 0 Å². The number of amides is 1. The second-order valence-corrected chi connectivity index (χ2v) is 2.88. The highest BCUT2D eigenvalue weighted by Gasteiger charge is 2.07. The Hall–Kier alpha value is -2.38. The van der Waals surface area contributed by atoms with Crippen LogP contribution in [0.5, 0.6) is 0 Å². The highest BCUT2D eigenvalue weighted by Crippen LogP contribution is 2.00. The van der Waals surface area contributed by atoms with Crippen molar-refractivity contribution in [2.24, 2.45) is 0 Å². The molecule has 7 nitrogen and oxygen atoms in total. The number of hydrogen-bond donors (Lipinski definition) is 2. The number of aromatic amines is 1. The van der Waals surface area contributed by atoms with E-state index in [0.717, 1.165) is 6.07 Å². The number of carbonyl (C=O) groups is 1. The number of nitrogens with one attached hydrogen (secondary N) is 2. The second-order valence-electron chi connectivity index (χ2n) is 2.88. The molecule has 0 aromatic carbocycles. The minimum absolute atomic E-state index is 0.124. The van der Waals surface area contributed by atoms with E-state index in [0.29, 0.717) is 5.82 Å². The molecule has 0 saturated carbocycles. The summed E-state index contributed by atoms with van der Waals surface area (Å²) in [4.78, 5) is 14.8. The largest absolute Gasteiger partial charge is 0.345 e. The van der Waals surface area contributed by atoms with Crippen LogP contribution in [0.15, 0.2) is 18.3 Å². The zero-order valence-electron chi connectivity index (χ0n) is 8.01. The normalized spacial score (nSPS) is 10.1. The van der Waals surface area contributed by atoms with Gasteiger partial charge in [0.05, 0.1) is 6.54 Å². The van der Waals surface area contributed by atoms with Gasteiger partial charge in [-0.1, -0.05) is 5.21 Å². The summed E-state index contributed by atoms with van der Waals surface area (Å²) in [7, 11) is 0. The molecule has 0 saturated heterocycles. The van der Waals surface area contributed by atoms with E-state index in [-0.39, 0.29) is 12.1 Å². The minimum Gasteiger partial charge on any atom is -0.345 e. The Labute approximate surface area is 89.1 Å². The van der Waals surface area contributed by atoms with E-state index >= 15 is 0 Å². The monoisotopic (exact) mass is 222 g/mol. The number of hydrogen-bond acceptors (Lipinski definition) is 5. The van der Waals surface area contributed by atoms with E-state index in [1.54, 1.807) is 0 Å². The molecule has 0 aliphatic heterocycles. The van der Waals surface area contributed by atoms with Gasteiger partial charge in [0.2, 0.25) is 5.95 Å². The molecule has 82 valence electrons. The van der Waals surface area contributed by atoms with Crippen LogP contribution >= 0.6 is 0 Å². The molecule has 0 radical (unpaired) electrons. The van der Waals surface area contributed by atoms with Crippen LogP contribution in [0.1, 0.15) is 16.2 Å². The fourth-order valence-electron chi connectivity index (χ4n) is 1.06. The Morgan fingerprint density at radius 2 is 2.44 bits per heavy atom. The molecule has 0 aliphatic carbocycles. The highest BCUT2D eigenvalue weighted by molar-refractivity contribution is 5.93. The number of carbonyl (C=O) groups excluding carboxylic acids is 1. The van der Waals surface area contributed by atoms with E-state index < -0.39 is 11.9 Å². The Morgan fingerprint density at radius 3 is 3.12 bits per heavy atom. The SMILES string of the molecule is O=C(NCc1nn[nH]n1)c1ccnc(F)c1. The zero-order chi connectivity index (χ0) is 11.4. The van der Waals surface area contributed by atoms with Crippen molar-refractivity contribution in [3.8, 4) is 0 Å². The van der Waals surface area contributed by atoms with Crippen molar-refractivity contribution in [2.75, 3.05) is 0 Å². The van der Waals surface area contributed by atoms with Gasteiger partial charge in [0.25, 0.3) is 5.91 Å². The summed E-state index contributed by atoms with van der Waals surface area (Å²) in [5.41, 5.74) is 0.191. The third-order valence-electron chi connectivity index (χ3n) is 1.79. The van der Waals surface area contributed by atoms with Crippen LogP contribution in [0.3, 0.4) is 0 Å². The van der Waals surface area contributed by atoms with Gasteiger partial charge in [0.15, 0.2) is 5.82 Å². The number of H-pyrrole nitrogens is 1. The van der Waals surface area contributed by atoms with Gasteiger partial charge in [-0.05, 0) is 6.07 Å². The first-order valence-electron chi connectivity index (χ1n) is 4.38. The van der Waals surface area contributed by atoms with Gasteiger partial charge in [-0.3, -0.25) is 4.79 Å². The number of pyridine rings is 1. The molecular formula is C8H7FN6O. The van der Waals surface area contributed by atoms with Gasteiger partial charge in [-0.15, -0.1) is 10.2 Å². The molecule has 16 heavy (non-hydrogen) atoms. The summed E-state index contributed by atoms with van der Waals surface area (Å²) >= 11 is 0. The first kappa shape index (κ1) is 10.1. The average Bonchev–Trinajstić information content (AvgIpc) is 2.78. The fraction of sp³-hybridized carbons (Fsp3) is 0.125. The number of aromatic nitrogens is 5. The third kappa shape index (κ3) is 2.35. The van der Waals surface area contributed by atoms with Gasteiger partial charge >= 0.3 is 0 Å². The summed E-state index contributed by atoms with van der Waals surface area (Å²) in [6, 6.07) is 2.46. The van der Waals surface area contributed by atoms with Crippen LogP contribution in [-0.2, 0) is 6.54 Å². The van der Waals surface area contributed by atoms with E-state index in [2.05, 4.69) is 30.9 Å². The second kappa shape index (κ2) is 4.43. The van der Waals surface area contributed by atoms with Gasteiger partial charge in [-0.2, -0.15) is 9.60 Å². The lowest BCUT2D eigenvalue weighted by molar-refractivity contribution is 0.0949. The zero-order valence-corrected chi connectivity index (χ0v) is 8.01. The predicted molar refractivity (Wildman–Crippen MR) is 49.5 cm³/mol. The van der Waals surface area contributed by atoms with Crippen LogP contribution in [0.25, 0.3) is 0 Å². The number of tetrazole rings is 1. The quantitative estimate of drug-likeness (QED) is 0.693. The lowest BCUT2D eigenvalue weighted by atomic mass is 10.2. The molecule has 0 unspecified atom stereocenters.